The van der Waals surface area contributed by atoms with Crippen LogP contribution in [0.4, 0.5) is 17.1 Å². The van der Waals surface area contributed by atoms with E-state index in [0.717, 1.165) is 44.6 Å². The van der Waals surface area contributed by atoms with Crippen LogP contribution in [0.15, 0.2) is 205 Å². The van der Waals surface area contributed by atoms with Gasteiger partial charge in [0.1, 0.15) is 5.58 Å². The fourth-order valence-electron chi connectivity index (χ4n) is 8.19. The first kappa shape index (κ1) is 31.6. The molecule has 0 unspecified atom stereocenters. The monoisotopic (exact) mass is 719 g/mol. The number of furan rings is 1. The van der Waals surface area contributed by atoms with E-state index in [1.165, 1.54) is 58.8 Å². The molecule has 0 amide bonds. The smallest absolute Gasteiger partial charge is 0.160 e. The molecule has 0 aliphatic carbocycles. The molecular formula is C52H33NOS. The highest BCUT2D eigenvalue weighted by Gasteiger charge is 2.24. The third-order valence-corrected chi connectivity index (χ3v) is 12.1. The van der Waals surface area contributed by atoms with Crippen molar-refractivity contribution < 1.29 is 4.42 Å². The average Bonchev–Trinajstić information content (AvgIpc) is 3.84. The minimum absolute atomic E-state index is 0.869. The summed E-state index contributed by atoms with van der Waals surface area (Å²) in [5.74, 6) is 0. The summed E-state index contributed by atoms with van der Waals surface area (Å²) in [6.07, 6.45) is 0. The van der Waals surface area contributed by atoms with E-state index in [1.807, 2.05) is 11.3 Å². The van der Waals surface area contributed by atoms with Gasteiger partial charge in [-0.3, -0.25) is 0 Å². The number of hydrogen-bond donors (Lipinski definition) is 0. The van der Waals surface area contributed by atoms with Crippen molar-refractivity contribution in [3.05, 3.63) is 200 Å². The van der Waals surface area contributed by atoms with E-state index < -0.39 is 0 Å². The number of para-hydroxylation sites is 1. The summed E-state index contributed by atoms with van der Waals surface area (Å²) in [6, 6.07) is 72.0. The quantitative estimate of drug-likeness (QED) is 0.170. The van der Waals surface area contributed by atoms with Crippen LogP contribution >= 0.6 is 11.3 Å². The second-order valence-corrected chi connectivity index (χ2v) is 15.1. The topological polar surface area (TPSA) is 16.4 Å². The largest absolute Gasteiger partial charge is 0.454 e. The normalized spacial score (nSPS) is 11.6. The Morgan fingerprint density at radius 2 is 1.04 bits per heavy atom. The number of fused-ring (bicyclic) bond motifs is 7. The molecule has 258 valence electrons. The van der Waals surface area contributed by atoms with E-state index in [0.29, 0.717) is 0 Å². The predicted molar refractivity (Wildman–Crippen MR) is 235 cm³/mol. The molecule has 2 nitrogen and oxygen atoms in total. The molecule has 11 rings (SSSR count). The van der Waals surface area contributed by atoms with Gasteiger partial charge in [-0.1, -0.05) is 158 Å². The van der Waals surface area contributed by atoms with Crippen molar-refractivity contribution >= 4 is 81.3 Å². The Balaban J connectivity index is 1.07. The van der Waals surface area contributed by atoms with Crippen molar-refractivity contribution in [3.63, 3.8) is 0 Å². The van der Waals surface area contributed by atoms with E-state index in [1.54, 1.807) is 0 Å². The van der Waals surface area contributed by atoms with Gasteiger partial charge in [0.2, 0.25) is 0 Å². The SMILES string of the molecule is c1ccc(-c2ccc(N(c3ccc(-c4ccc(-c5ccc6ccccc6c5)cc4)cc3)c3cccc4c3sc3ccccc34)c3oc4ccccc4c23)cc1. The van der Waals surface area contributed by atoms with Gasteiger partial charge in [-0.15, -0.1) is 11.3 Å². The first-order chi connectivity index (χ1) is 27.3. The highest BCUT2D eigenvalue weighted by Crippen LogP contribution is 2.49. The lowest BCUT2D eigenvalue weighted by molar-refractivity contribution is 0.669. The fourth-order valence-corrected chi connectivity index (χ4v) is 9.40. The molecule has 55 heavy (non-hydrogen) atoms. The van der Waals surface area contributed by atoms with E-state index in [4.69, 9.17) is 4.42 Å². The van der Waals surface area contributed by atoms with Gasteiger partial charge in [0.25, 0.3) is 0 Å². The molecule has 0 fully saturated rings. The van der Waals surface area contributed by atoms with Crippen molar-refractivity contribution in [2.75, 3.05) is 4.90 Å². The molecule has 0 radical (unpaired) electrons. The Labute approximate surface area is 322 Å². The highest BCUT2D eigenvalue weighted by molar-refractivity contribution is 7.26. The van der Waals surface area contributed by atoms with Gasteiger partial charge in [0, 0.05) is 31.9 Å². The van der Waals surface area contributed by atoms with Crippen molar-refractivity contribution in [2.45, 2.75) is 0 Å². The first-order valence-electron chi connectivity index (χ1n) is 18.7. The highest BCUT2D eigenvalue weighted by atomic mass is 32.1. The predicted octanol–water partition coefficient (Wildman–Crippen LogP) is 15.6. The lowest BCUT2D eigenvalue weighted by Gasteiger charge is -2.27. The summed E-state index contributed by atoms with van der Waals surface area (Å²) >= 11 is 1.84. The molecule has 0 saturated heterocycles. The van der Waals surface area contributed by atoms with Crippen molar-refractivity contribution in [3.8, 4) is 33.4 Å². The standard InChI is InChI=1S/C52H33NOS/c1-2-12-38(13-3-1)42-31-32-46(51-50(42)45-16-6-8-19-48(45)54-51)53(47-18-10-17-44-43-15-7-9-20-49(43)55-52(44)47)41-29-27-36(28-30-41)35-21-23-37(24-22-35)40-26-25-34-11-4-5-14-39(34)33-40/h1-33H. The molecule has 0 N–H and O–H groups in total. The van der Waals surface area contributed by atoms with Gasteiger partial charge >= 0.3 is 0 Å². The minimum Gasteiger partial charge on any atom is -0.454 e. The molecule has 0 atom stereocenters. The van der Waals surface area contributed by atoms with Gasteiger partial charge in [0.05, 0.1) is 16.1 Å². The zero-order valence-electron chi connectivity index (χ0n) is 29.8. The number of hydrogen-bond acceptors (Lipinski definition) is 3. The second kappa shape index (κ2) is 12.9. The molecule has 0 bridgehead atoms. The maximum absolute atomic E-state index is 6.87. The molecule has 11 aromatic rings. The van der Waals surface area contributed by atoms with Gasteiger partial charge in [-0.25, -0.2) is 0 Å². The number of nitrogens with zero attached hydrogens (tertiary/aromatic N) is 1. The molecular weight excluding hydrogens is 687 g/mol. The lowest BCUT2D eigenvalue weighted by atomic mass is 9.97. The van der Waals surface area contributed by atoms with Gasteiger partial charge in [-0.05, 0) is 86.6 Å². The van der Waals surface area contributed by atoms with Crippen LogP contribution in [0.25, 0.3) is 86.3 Å². The van der Waals surface area contributed by atoms with E-state index >= 15 is 0 Å². The van der Waals surface area contributed by atoms with Crippen LogP contribution in [-0.4, -0.2) is 0 Å². The van der Waals surface area contributed by atoms with Crippen LogP contribution in [0.5, 0.6) is 0 Å². The molecule has 0 saturated carbocycles. The lowest BCUT2D eigenvalue weighted by Crippen LogP contribution is -2.10. The maximum atomic E-state index is 6.87. The molecule has 0 aliphatic rings. The van der Waals surface area contributed by atoms with E-state index in [2.05, 4.69) is 205 Å². The van der Waals surface area contributed by atoms with Gasteiger partial charge in [0.15, 0.2) is 5.58 Å². The molecule has 9 aromatic carbocycles. The molecule has 2 aromatic heterocycles. The third kappa shape index (κ3) is 5.32. The molecule has 0 spiro atoms. The van der Waals surface area contributed by atoms with Crippen molar-refractivity contribution in [1.82, 2.24) is 0 Å². The Morgan fingerprint density at radius 3 is 1.85 bits per heavy atom. The van der Waals surface area contributed by atoms with Crippen LogP contribution in [0, 0.1) is 0 Å². The molecule has 3 heteroatoms. The summed E-state index contributed by atoms with van der Waals surface area (Å²) in [6.45, 7) is 0. The van der Waals surface area contributed by atoms with E-state index in [-0.39, 0.29) is 0 Å². The Morgan fingerprint density at radius 1 is 0.400 bits per heavy atom. The number of anilines is 3. The summed E-state index contributed by atoms with van der Waals surface area (Å²) in [5, 5.41) is 7.28. The first-order valence-corrected chi connectivity index (χ1v) is 19.5. The maximum Gasteiger partial charge on any atom is 0.160 e. The summed E-state index contributed by atoms with van der Waals surface area (Å²) in [4.78, 5) is 2.39. The fraction of sp³-hybridized carbons (Fsp3) is 0. The van der Waals surface area contributed by atoms with Crippen molar-refractivity contribution in [1.29, 1.82) is 0 Å². The summed E-state index contributed by atoms with van der Waals surface area (Å²) < 4.78 is 9.39. The Kier molecular flexibility index (Phi) is 7.39. The molecule has 2 heterocycles. The van der Waals surface area contributed by atoms with Crippen LogP contribution in [0.2, 0.25) is 0 Å². The van der Waals surface area contributed by atoms with Gasteiger partial charge in [-0.2, -0.15) is 0 Å². The number of thiophene rings is 1. The average molecular weight is 720 g/mol. The summed E-state index contributed by atoms with van der Waals surface area (Å²) in [7, 11) is 0. The molecule has 0 aliphatic heterocycles. The summed E-state index contributed by atoms with van der Waals surface area (Å²) in [5.41, 5.74) is 12.1. The Bertz CT molecular complexity index is 3190. The van der Waals surface area contributed by atoms with Gasteiger partial charge < -0.3 is 9.32 Å². The third-order valence-electron chi connectivity index (χ3n) is 10.9. The zero-order valence-corrected chi connectivity index (χ0v) is 30.6. The van der Waals surface area contributed by atoms with Crippen molar-refractivity contribution in [2.24, 2.45) is 0 Å². The zero-order chi connectivity index (χ0) is 36.3. The number of benzene rings is 9. The minimum atomic E-state index is 0.869. The number of rotatable bonds is 6. The van der Waals surface area contributed by atoms with Crippen LogP contribution in [0.3, 0.4) is 0 Å². The van der Waals surface area contributed by atoms with Crippen LogP contribution in [0.1, 0.15) is 0 Å². The van der Waals surface area contributed by atoms with E-state index in [9.17, 15) is 0 Å². The Hall–Kier alpha value is -6.94. The van der Waals surface area contributed by atoms with Crippen LogP contribution in [-0.2, 0) is 0 Å². The second-order valence-electron chi connectivity index (χ2n) is 14.1. The van der Waals surface area contributed by atoms with Crippen LogP contribution < -0.4 is 4.90 Å².